The molecule has 0 spiro atoms. The first-order valence-electron chi connectivity index (χ1n) is 9.38. The smallest absolute Gasteiger partial charge is 0.0962 e. The van der Waals surface area contributed by atoms with E-state index in [1.165, 1.54) is 82.8 Å². The lowest BCUT2D eigenvalue weighted by molar-refractivity contribution is 0.194. The van der Waals surface area contributed by atoms with Gasteiger partial charge < -0.3 is 4.74 Å². The van der Waals surface area contributed by atoms with Crippen molar-refractivity contribution in [1.82, 2.24) is 0 Å². The Kier molecular flexibility index (Phi) is 11.3. The van der Waals surface area contributed by atoms with Gasteiger partial charge in [0.15, 0.2) is 0 Å². The van der Waals surface area contributed by atoms with Gasteiger partial charge in [-0.25, -0.2) is 0 Å². The van der Waals surface area contributed by atoms with Gasteiger partial charge in [0.25, 0.3) is 0 Å². The lowest BCUT2D eigenvalue weighted by atomic mass is 10.0. The van der Waals surface area contributed by atoms with Crippen molar-refractivity contribution < 1.29 is 4.74 Å². The molecule has 1 nitrogen and oxygen atoms in total. The predicted molar refractivity (Wildman–Crippen MR) is 93.5 cm³/mol. The Morgan fingerprint density at radius 2 is 1.38 bits per heavy atom. The molecule has 0 unspecified atom stereocenters. The summed E-state index contributed by atoms with van der Waals surface area (Å²) in [4.78, 5) is 0. The maximum Gasteiger partial charge on any atom is 0.0962 e. The van der Waals surface area contributed by atoms with Crippen LogP contribution in [0, 0.1) is 0 Å². The minimum absolute atomic E-state index is 0.914. The second-order valence-corrected chi connectivity index (χ2v) is 6.34. The van der Waals surface area contributed by atoms with Crippen molar-refractivity contribution in [3.63, 3.8) is 0 Å². The average molecular weight is 293 g/mol. The molecular formula is C20H36O. The summed E-state index contributed by atoms with van der Waals surface area (Å²) in [6.07, 6.45) is 21.8. The predicted octanol–water partition coefficient (Wildman–Crippen LogP) is 6.94. The Labute approximate surface area is 132 Å². The molecule has 0 amide bonds. The highest BCUT2D eigenvalue weighted by molar-refractivity contribution is 5.20. The monoisotopic (exact) mass is 292 g/mol. The summed E-state index contributed by atoms with van der Waals surface area (Å²) < 4.78 is 5.86. The van der Waals surface area contributed by atoms with Gasteiger partial charge in [0, 0.05) is 6.42 Å². The van der Waals surface area contributed by atoms with Gasteiger partial charge in [0.2, 0.25) is 0 Å². The molecule has 1 aliphatic carbocycles. The molecule has 0 aromatic carbocycles. The summed E-state index contributed by atoms with van der Waals surface area (Å²) in [5, 5.41) is 0. The van der Waals surface area contributed by atoms with Crippen molar-refractivity contribution in [1.29, 1.82) is 0 Å². The number of hydrogen-bond acceptors (Lipinski definition) is 1. The molecule has 122 valence electrons. The van der Waals surface area contributed by atoms with E-state index in [1.54, 1.807) is 5.57 Å². The van der Waals surface area contributed by atoms with Crippen molar-refractivity contribution in [3.05, 3.63) is 23.5 Å². The van der Waals surface area contributed by atoms with Crippen molar-refractivity contribution in [2.75, 3.05) is 6.61 Å². The Morgan fingerprint density at radius 3 is 1.90 bits per heavy atom. The standard InChI is InChI=1S/C20H36O/c1-3-5-6-7-8-9-10-11-12-13-18-21-20-16-14-19(4-2)15-17-20/h14,16H,3-13,15,17-18H2,1-2H3. The van der Waals surface area contributed by atoms with E-state index in [0.29, 0.717) is 0 Å². The Balaban J connectivity index is 1.85. The Bertz CT molecular complexity index is 301. The lowest BCUT2D eigenvalue weighted by Gasteiger charge is -2.14. The van der Waals surface area contributed by atoms with Crippen LogP contribution in [0.5, 0.6) is 0 Å². The largest absolute Gasteiger partial charge is 0.498 e. The fourth-order valence-electron chi connectivity index (χ4n) is 2.87. The molecule has 0 aromatic heterocycles. The van der Waals surface area contributed by atoms with E-state index in [9.17, 15) is 0 Å². The van der Waals surface area contributed by atoms with E-state index in [0.717, 1.165) is 13.0 Å². The van der Waals surface area contributed by atoms with Crippen LogP contribution >= 0.6 is 0 Å². The molecule has 0 heterocycles. The maximum absolute atomic E-state index is 5.86. The molecule has 0 atom stereocenters. The van der Waals surface area contributed by atoms with Gasteiger partial charge in [-0.1, -0.05) is 83.3 Å². The van der Waals surface area contributed by atoms with Crippen LogP contribution in [0.1, 0.15) is 97.3 Å². The van der Waals surface area contributed by atoms with Crippen LogP contribution in [-0.2, 0) is 4.74 Å². The number of hydrogen-bond donors (Lipinski definition) is 0. The molecule has 0 radical (unpaired) electrons. The zero-order chi connectivity index (χ0) is 15.2. The highest BCUT2D eigenvalue weighted by Crippen LogP contribution is 2.21. The van der Waals surface area contributed by atoms with E-state index >= 15 is 0 Å². The van der Waals surface area contributed by atoms with Gasteiger partial charge in [-0.3, -0.25) is 0 Å². The third-order valence-corrected chi connectivity index (χ3v) is 4.44. The first kappa shape index (κ1) is 18.3. The molecule has 0 bridgehead atoms. The summed E-state index contributed by atoms with van der Waals surface area (Å²) >= 11 is 0. The molecule has 1 heteroatoms. The zero-order valence-corrected chi connectivity index (χ0v) is 14.5. The highest BCUT2D eigenvalue weighted by atomic mass is 16.5. The molecule has 21 heavy (non-hydrogen) atoms. The summed E-state index contributed by atoms with van der Waals surface area (Å²) in [6, 6.07) is 0. The van der Waals surface area contributed by atoms with Crippen molar-refractivity contribution in [2.45, 2.75) is 97.3 Å². The van der Waals surface area contributed by atoms with Crippen molar-refractivity contribution >= 4 is 0 Å². The van der Waals surface area contributed by atoms with E-state index < -0.39 is 0 Å². The topological polar surface area (TPSA) is 9.23 Å². The van der Waals surface area contributed by atoms with Gasteiger partial charge in [-0.05, 0) is 25.3 Å². The van der Waals surface area contributed by atoms with Crippen LogP contribution < -0.4 is 0 Å². The van der Waals surface area contributed by atoms with Crippen LogP contribution in [0.4, 0.5) is 0 Å². The maximum atomic E-state index is 5.86. The SMILES string of the molecule is CCCCCCCCCCCCOC1=CC=C(CC)CC1. The van der Waals surface area contributed by atoms with Gasteiger partial charge in [0.05, 0.1) is 12.4 Å². The van der Waals surface area contributed by atoms with Crippen LogP contribution in [0.3, 0.4) is 0 Å². The molecule has 0 aromatic rings. The molecule has 0 saturated carbocycles. The second-order valence-electron chi connectivity index (χ2n) is 6.34. The Hall–Kier alpha value is -0.720. The number of ether oxygens (including phenoxy) is 1. The van der Waals surface area contributed by atoms with Crippen LogP contribution in [-0.4, -0.2) is 6.61 Å². The quantitative estimate of drug-likeness (QED) is 0.334. The number of allylic oxidation sites excluding steroid dienone is 4. The van der Waals surface area contributed by atoms with E-state index in [-0.39, 0.29) is 0 Å². The van der Waals surface area contributed by atoms with Gasteiger partial charge in [-0.2, -0.15) is 0 Å². The third kappa shape index (κ3) is 9.77. The average Bonchev–Trinajstić information content (AvgIpc) is 2.53. The lowest BCUT2D eigenvalue weighted by Crippen LogP contribution is -1.99. The van der Waals surface area contributed by atoms with E-state index in [4.69, 9.17) is 4.74 Å². The van der Waals surface area contributed by atoms with Gasteiger partial charge in [0.1, 0.15) is 0 Å². The molecule has 0 saturated heterocycles. The Morgan fingerprint density at radius 1 is 0.762 bits per heavy atom. The summed E-state index contributed by atoms with van der Waals surface area (Å²) in [5.41, 5.74) is 1.56. The number of rotatable bonds is 13. The number of unbranched alkanes of at least 4 members (excludes halogenated alkanes) is 9. The normalized spacial score (nSPS) is 14.8. The van der Waals surface area contributed by atoms with E-state index in [1.807, 2.05) is 0 Å². The molecular weight excluding hydrogens is 256 g/mol. The molecule has 1 aliphatic rings. The van der Waals surface area contributed by atoms with Crippen LogP contribution in [0.15, 0.2) is 23.5 Å². The van der Waals surface area contributed by atoms with Gasteiger partial charge in [-0.15, -0.1) is 0 Å². The highest BCUT2D eigenvalue weighted by Gasteiger charge is 2.05. The summed E-state index contributed by atoms with van der Waals surface area (Å²) in [7, 11) is 0. The minimum Gasteiger partial charge on any atom is -0.498 e. The van der Waals surface area contributed by atoms with E-state index in [2.05, 4.69) is 26.0 Å². The second kappa shape index (κ2) is 13.0. The molecule has 0 N–H and O–H groups in total. The van der Waals surface area contributed by atoms with Crippen molar-refractivity contribution in [3.8, 4) is 0 Å². The molecule has 0 fully saturated rings. The third-order valence-electron chi connectivity index (χ3n) is 4.44. The summed E-state index contributed by atoms with van der Waals surface area (Å²) in [5.74, 6) is 1.20. The molecule has 0 aliphatic heterocycles. The first-order valence-corrected chi connectivity index (χ1v) is 9.38. The summed E-state index contributed by atoms with van der Waals surface area (Å²) in [6.45, 7) is 5.43. The van der Waals surface area contributed by atoms with Crippen LogP contribution in [0.2, 0.25) is 0 Å². The van der Waals surface area contributed by atoms with Crippen LogP contribution in [0.25, 0.3) is 0 Å². The van der Waals surface area contributed by atoms with Crippen molar-refractivity contribution in [2.24, 2.45) is 0 Å². The zero-order valence-electron chi connectivity index (χ0n) is 14.5. The molecule has 1 rings (SSSR count). The fourth-order valence-corrected chi connectivity index (χ4v) is 2.87. The fraction of sp³-hybridized carbons (Fsp3) is 0.800. The van der Waals surface area contributed by atoms with Gasteiger partial charge >= 0.3 is 0 Å². The first-order chi connectivity index (χ1) is 10.4. The minimum atomic E-state index is 0.914.